The standard InChI is InChI=1S/C25H33Cl2N3O5S/c1-6-21(25(32)28-17(3)4)29(15-18-12-13-19(26)20(27)14-18)24(31)16-30(36(5,33)34)22-10-8-9-11-23(22)35-7-2/h8-14,17,21H,6-7,15-16H2,1-5H3,(H,28,32). The number of hydrogen-bond acceptors (Lipinski definition) is 5. The third-order valence-corrected chi connectivity index (χ3v) is 7.13. The van der Waals surface area contributed by atoms with Gasteiger partial charge in [-0.25, -0.2) is 8.42 Å². The number of hydrogen-bond donors (Lipinski definition) is 1. The molecule has 198 valence electrons. The van der Waals surface area contributed by atoms with Gasteiger partial charge < -0.3 is 15.0 Å². The van der Waals surface area contributed by atoms with Crippen LogP contribution >= 0.6 is 23.2 Å². The van der Waals surface area contributed by atoms with Crippen LogP contribution in [0.4, 0.5) is 5.69 Å². The first-order valence-corrected chi connectivity index (χ1v) is 14.2. The number of para-hydroxylation sites is 2. The summed E-state index contributed by atoms with van der Waals surface area (Å²) in [6, 6.07) is 10.6. The van der Waals surface area contributed by atoms with Crippen molar-refractivity contribution < 1.29 is 22.7 Å². The Hall–Kier alpha value is -2.49. The molecule has 11 heteroatoms. The highest BCUT2D eigenvalue weighted by atomic mass is 35.5. The molecule has 0 aliphatic rings. The molecule has 0 aromatic heterocycles. The van der Waals surface area contributed by atoms with Gasteiger partial charge in [0.25, 0.3) is 0 Å². The Morgan fingerprint density at radius 3 is 2.28 bits per heavy atom. The van der Waals surface area contributed by atoms with Crippen molar-refractivity contribution in [2.75, 3.05) is 23.7 Å². The van der Waals surface area contributed by atoms with E-state index >= 15 is 0 Å². The maximum atomic E-state index is 13.7. The molecule has 0 aliphatic carbocycles. The Balaban J connectivity index is 2.51. The Kier molecular flexibility index (Phi) is 10.9. The maximum Gasteiger partial charge on any atom is 0.244 e. The molecule has 0 saturated carbocycles. The molecule has 0 saturated heterocycles. The number of sulfonamides is 1. The van der Waals surface area contributed by atoms with E-state index in [1.165, 1.54) is 4.90 Å². The molecule has 0 heterocycles. The van der Waals surface area contributed by atoms with Crippen molar-refractivity contribution >= 4 is 50.7 Å². The van der Waals surface area contributed by atoms with Crippen LogP contribution in [0.5, 0.6) is 5.75 Å². The number of ether oxygens (including phenoxy) is 1. The molecule has 1 atom stereocenters. The van der Waals surface area contributed by atoms with Gasteiger partial charge in [0.2, 0.25) is 21.8 Å². The highest BCUT2D eigenvalue weighted by Crippen LogP contribution is 2.30. The molecule has 36 heavy (non-hydrogen) atoms. The van der Waals surface area contributed by atoms with Crippen molar-refractivity contribution in [1.82, 2.24) is 10.2 Å². The highest BCUT2D eigenvalue weighted by molar-refractivity contribution is 7.92. The van der Waals surface area contributed by atoms with E-state index in [2.05, 4.69) is 5.32 Å². The van der Waals surface area contributed by atoms with Gasteiger partial charge in [-0.15, -0.1) is 0 Å². The fourth-order valence-electron chi connectivity index (χ4n) is 3.67. The molecule has 2 aromatic rings. The predicted octanol–water partition coefficient (Wildman–Crippen LogP) is 4.49. The molecule has 0 radical (unpaired) electrons. The molecular weight excluding hydrogens is 525 g/mol. The lowest BCUT2D eigenvalue weighted by atomic mass is 10.1. The summed E-state index contributed by atoms with van der Waals surface area (Å²) in [4.78, 5) is 28.1. The van der Waals surface area contributed by atoms with E-state index in [0.29, 0.717) is 34.4 Å². The second-order valence-corrected chi connectivity index (χ2v) is 11.2. The lowest BCUT2D eigenvalue weighted by molar-refractivity contribution is -0.140. The summed E-state index contributed by atoms with van der Waals surface area (Å²) in [5.74, 6) is -0.552. The topological polar surface area (TPSA) is 96.0 Å². The molecule has 2 aromatic carbocycles. The normalized spacial score (nSPS) is 12.2. The third kappa shape index (κ3) is 8.01. The average Bonchev–Trinajstić information content (AvgIpc) is 2.79. The number of amides is 2. The molecular formula is C25H33Cl2N3O5S. The summed E-state index contributed by atoms with van der Waals surface area (Å²) in [5, 5.41) is 3.51. The largest absolute Gasteiger partial charge is 0.492 e. The number of rotatable bonds is 12. The maximum absolute atomic E-state index is 13.7. The number of benzene rings is 2. The quantitative estimate of drug-likeness (QED) is 0.414. The zero-order valence-corrected chi connectivity index (χ0v) is 23.5. The SMILES string of the molecule is CCOc1ccccc1N(CC(=O)N(Cc1ccc(Cl)c(Cl)c1)C(CC)C(=O)NC(C)C)S(C)(=O)=O. The van der Waals surface area contributed by atoms with E-state index < -0.39 is 28.5 Å². The first-order chi connectivity index (χ1) is 16.9. The molecule has 0 fully saturated rings. The third-order valence-electron chi connectivity index (χ3n) is 5.27. The van der Waals surface area contributed by atoms with E-state index in [-0.39, 0.29) is 24.2 Å². The van der Waals surface area contributed by atoms with E-state index in [1.807, 2.05) is 13.8 Å². The van der Waals surface area contributed by atoms with Crippen LogP contribution in [0.2, 0.25) is 10.0 Å². The second-order valence-electron chi connectivity index (χ2n) is 8.53. The zero-order chi connectivity index (χ0) is 27.0. The van der Waals surface area contributed by atoms with Gasteiger partial charge >= 0.3 is 0 Å². The van der Waals surface area contributed by atoms with Crippen molar-refractivity contribution in [3.8, 4) is 5.75 Å². The van der Waals surface area contributed by atoms with Crippen LogP contribution in [0.15, 0.2) is 42.5 Å². The van der Waals surface area contributed by atoms with Gasteiger partial charge in [0.05, 0.1) is 28.6 Å². The summed E-state index contributed by atoms with van der Waals surface area (Å²) in [6.45, 7) is 7.06. The number of halogens is 2. The van der Waals surface area contributed by atoms with Gasteiger partial charge in [0.1, 0.15) is 18.3 Å². The predicted molar refractivity (Wildman–Crippen MR) is 144 cm³/mol. The molecule has 1 unspecified atom stereocenters. The number of anilines is 1. The summed E-state index contributed by atoms with van der Waals surface area (Å²) in [5.41, 5.74) is 0.888. The fraction of sp³-hybridized carbons (Fsp3) is 0.440. The monoisotopic (exact) mass is 557 g/mol. The molecule has 0 aliphatic heterocycles. The van der Waals surface area contributed by atoms with Crippen molar-refractivity contribution in [2.24, 2.45) is 0 Å². The number of nitrogens with zero attached hydrogens (tertiary/aromatic N) is 2. The number of carbonyl (C=O) groups is 2. The summed E-state index contributed by atoms with van der Waals surface area (Å²) in [6.07, 6.45) is 1.34. The highest BCUT2D eigenvalue weighted by Gasteiger charge is 2.32. The van der Waals surface area contributed by atoms with Crippen LogP contribution in [0.25, 0.3) is 0 Å². The van der Waals surface area contributed by atoms with E-state index in [1.54, 1.807) is 56.3 Å². The van der Waals surface area contributed by atoms with Crippen LogP contribution in [0, 0.1) is 0 Å². The molecule has 1 N–H and O–H groups in total. The van der Waals surface area contributed by atoms with Gasteiger partial charge in [-0.3, -0.25) is 13.9 Å². The minimum atomic E-state index is -3.88. The Morgan fingerprint density at radius 1 is 1.06 bits per heavy atom. The van der Waals surface area contributed by atoms with Crippen molar-refractivity contribution in [3.63, 3.8) is 0 Å². The molecule has 2 rings (SSSR count). The molecule has 8 nitrogen and oxygen atoms in total. The Morgan fingerprint density at radius 2 is 1.72 bits per heavy atom. The van der Waals surface area contributed by atoms with Crippen molar-refractivity contribution in [2.45, 2.75) is 52.7 Å². The first-order valence-electron chi connectivity index (χ1n) is 11.6. The van der Waals surface area contributed by atoms with Crippen LogP contribution in [0.1, 0.15) is 39.7 Å². The number of nitrogens with one attached hydrogen (secondary N) is 1. The van der Waals surface area contributed by atoms with Crippen LogP contribution in [-0.2, 0) is 26.2 Å². The van der Waals surface area contributed by atoms with E-state index in [0.717, 1.165) is 10.6 Å². The smallest absolute Gasteiger partial charge is 0.244 e. The lowest BCUT2D eigenvalue weighted by Gasteiger charge is -2.33. The Bertz CT molecular complexity index is 1170. The minimum Gasteiger partial charge on any atom is -0.492 e. The summed E-state index contributed by atoms with van der Waals surface area (Å²) >= 11 is 12.2. The van der Waals surface area contributed by atoms with Gasteiger partial charge in [-0.2, -0.15) is 0 Å². The Labute approximate surface area is 223 Å². The number of carbonyl (C=O) groups excluding carboxylic acids is 2. The minimum absolute atomic E-state index is 0.0322. The lowest BCUT2D eigenvalue weighted by Crippen LogP contribution is -2.53. The first kappa shape index (κ1) is 29.7. The van der Waals surface area contributed by atoms with Crippen LogP contribution < -0.4 is 14.4 Å². The van der Waals surface area contributed by atoms with Gasteiger partial charge in [0.15, 0.2) is 0 Å². The van der Waals surface area contributed by atoms with Gasteiger partial charge in [-0.1, -0.05) is 48.3 Å². The molecule has 0 bridgehead atoms. The second kappa shape index (κ2) is 13.2. The van der Waals surface area contributed by atoms with Gasteiger partial charge in [-0.05, 0) is 57.0 Å². The molecule has 2 amide bonds. The molecule has 0 spiro atoms. The average molecular weight is 559 g/mol. The van der Waals surface area contributed by atoms with Crippen molar-refractivity contribution in [3.05, 3.63) is 58.1 Å². The van der Waals surface area contributed by atoms with Crippen molar-refractivity contribution in [1.29, 1.82) is 0 Å². The van der Waals surface area contributed by atoms with Crippen LogP contribution in [0.3, 0.4) is 0 Å². The summed E-state index contributed by atoms with van der Waals surface area (Å²) < 4.78 is 32.2. The zero-order valence-electron chi connectivity index (χ0n) is 21.1. The van der Waals surface area contributed by atoms with E-state index in [9.17, 15) is 18.0 Å². The fourth-order valence-corrected chi connectivity index (χ4v) is 4.84. The van der Waals surface area contributed by atoms with Crippen LogP contribution in [-0.4, -0.2) is 56.6 Å². The summed E-state index contributed by atoms with van der Waals surface area (Å²) in [7, 11) is -3.88. The van der Waals surface area contributed by atoms with Gasteiger partial charge in [0, 0.05) is 12.6 Å². The van der Waals surface area contributed by atoms with E-state index in [4.69, 9.17) is 27.9 Å².